The summed E-state index contributed by atoms with van der Waals surface area (Å²) < 4.78 is 6.71. The molecule has 9 heteroatoms. The fourth-order valence-electron chi connectivity index (χ4n) is 7.68. The van der Waals surface area contributed by atoms with Crippen LogP contribution in [0.4, 0.5) is 22.7 Å². The van der Waals surface area contributed by atoms with Gasteiger partial charge in [-0.2, -0.15) is 0 Å². The SMILES string of the molecule is CC(C)(C)[Si](C)(C)O[C@H]1CCCC(N2c3ccccc3Sc3ccccc32)[C@H]1O.O[C@@H]1C(N2c3ccccc3Sc3ccccc32)CCC[C@@H]1O. The maximum atomic E-state index is 11.5. The highest BCUT2D eigenvalue weighted by Gasteiger charge is 2.45. The molecule has 2 unspecified atom stereocenters. The maximum Gasteiger partial charge on any atom is 0.192 e. The zero-order valence-corrected chi connectivity index (χ0v) is 33.0. The third-order valence-electron chi connectivity index (χ3n) is 11.4. The summed E-state index contributed by atoms with van der Waals surface area (Å²) in [6, 6.07) is 33.7. The Hall–Kier alpha value is -2.76. The Labute approximate surface area is 313 Å². The largest absolute Gasteiger partial charge is 0.411 e. The summed E-state index contributed by atoms with van der Waals surface area (Å²) in [6.07, 6.45) is 3.58. The summed E-state index contributed by atoms with van der Waals surface area (Å²) in [7, 11) is -1.94. The van der Waals surface area contributed by atoms with Crippen LogP contribution < -0.4 is 9.80 Å². The smallest absolute Gasteiger partial charge is 0.192 e. The van der Waals surface area contributed by atoms with Gasteiger partial charge in [0.25, 0.3) is 0 Å². The van der Waals surface area contributed by atoms with E-state index in [1.54, 1.807) is 11.8 Å². The van der Waals surface area contributed by atoms with Crippen molar-refractivity contribution in [2.75, 3.05) is 9.80 Å². The average molecular weight is 741 g/mol. The van der Waals surface area contributed by atoms with Gasteiger partial charge in [-0.3, -0.25) is 0 Å². The third kappa shape index (κ3) is 7.28. The van der Waals surface area contributed by atoms with Crippen molar-refractivity contribution in [1.82, 2.24) is 0 Å². The van der Waals surface area contributed by atoms with E-state index in [1.807, 2.05) is 36.0 Å². The van der Waals surface area contributed by atoms with E-state index in [2.05, 4.69) is 116 Å². The van der Waals surface area contributed by atoms with E-state index in [4.69, 9.17) is 4.43 Å². The highest BCUT2D eigenvalue weighted by molar-refractivity contribution is 8.00. The molecule has 2 heterocycles. The van der Waals surface area contributed by atoms with Gasteiger partial charge >= 0.3 is 0 Å². The van der Waals surface area contributed by atoms with Crippen molar-refractivity contribution in [1.29, 1.82) is 0 Å². The van der Waals surface area contributed by atoms with Crippen molar-refractivity contribution in [2.45, 2.75) is 134 Å². The zero-order valence-electron chi connectivity index (χ0n) is 30.4. The molecule has 0 saturated heterocycles. The Bertz CT molecular complexity index is 1740. The van der Waals surface area contributed by atoms with E-state index >= 15 is 0 Å². The molecule has 4 aromatic rings. The van der Waals surface area contributed by atoms with E-state index < -0.39 is 26.6 Å². The third-order valence-corrected chi connectivity index (χ3v) is 18.2. The Kier molecular flexibility index (Phi) is 10.7. The van der Waals surface area contributed by atoms with Crippen LogP contribution >= 0.6 is 23.5 Å². The van der Waals surface area contributed by atoms with Crippen molar-refractivity contribution in [2.24, 2.45) is 0 Å². The molecule has 2 fully saturated rings. The first-order valence-corrected chi connectivity index (χ1v) is 23.0. The van der Waals surface area contributed by atoms with Crippen molar-refractivity contribution in [3.8, 4) is 0 Å². The van der Waals surface area contributed by atoms with Crippen LogP contribution in [0.3, 0.4) is 0 Å². The van der Waals surface area contributed by atoms with Gasteiger partial charge in [0.1, 0.15) is 6.10 Å². The van der Waals surface area contributed by atoms with Crippen LogP contribution in [0.25, 0.3) is 0 Å². The van der Waals surface area contributed by atoms with Crippen molar-refractivity contribution in [3.63, 3.8) is 0 Å². The molecular formula is C42H52N2O4S2Si. The van der Waals surface area contributed by atoms with Gasteiger partial charge < -0.3 is 29.5 Å². The Morgan fingerprint density at radius 1 is 0.569 bits per heavy atom. The Morgan fingerprint density at radius 2 is 0.941 bits per heavy atom. The second-order valence-electron chi connectivity index (χ2n) is 15.8. The number of hydrogen-bond donors (Lipinski definition) is 3. The molecule has 0 bridgehead atoms. The van der Waals surface area contributed by atoms with Crippen molar-refractivity contribution < 1.29 is 19.7 Å². The molecule has 0 spiro atoms. The minimum Gasteiger partial charge on any atom is -0.411 e. The first-order valence-electron chi connectivity index (χ1n) is 18.5. The zero-order chi connectivity index (χ0) is 35.9. The summed E-state index contributed by atoms with van der Waals surface area (Å²) in [5.74, 6) is 0. The molecule has 6 nitrogen and oxygen atoms in total. The lowest BCUT2D eigenvalue weighted by atomic mass is 9.88. The number of aliphatic hydroxyl groups excluding tert-OH is 3. The van der Waals surface area contributed by atoms with Crippen molar-refractivity contribution >= 4 is 54.6 Å². The summed E-state index contributed by atoms with van der Waals surface area (Å²) in [5, 5.41) is 32.3. The number of fused-ring (bicyclic) bond motifs is 4. The highest BCUT2D eigenvalue weighted by Crippen LogP contribution is 2.52. The number of para-hydroxylation sites is 4. The van der Waals surface area contributed by atoms with Crippen LogP contribution in [0.2, 0.25) is 18.1 Å². The Morgan fingerprint density at radius 3 is 1.35 bits per heavy atom. The number of anilines is 4. The minimum atomic E-state index is -1.94. The van der Waals surface area contributed by atoms with Gasteiger partial charge in [0.15, 0.2) is 8.32 Å². The number of rotatable bonds is 4. The lowest BCUT2D eigenvalue weighted by molar-refractivity contribution is -0.0206. The van der Waals surface area contributed by atoms with Gasteiger partial charge in [-0.15, -0.1) is 0 Å². The molecule has 0 aromatic heterocycles. The van der Waals surface area contributed by atoms with Gasteiger partial charge in [-0.1, -0.05) is 92.8 Å². The standard InChI is InChI=1S/C24H33NO2SSi.C18H19NO2S/c1-24(2,3)29(4,5)27-20-14-10-13-19(23(20)26)25-17-11-6-8-15-21(17)28-22-16-9-7-12-18(22)25;20-15-9-5-8-14(18(15)21)19-12-6-1-3-10-16(12)22-17-11-4-2-7-13(17)19/h6-9,11-12,15-16,19-20,23,26H,10,13-14H2,1-5H3;1-4,6-7,10-11,14-15,18,20-21H,5,8-9H2/t19?,20-,23+;14?,15-,18+/m00/s1. The molecule has 0 radical (unpaired) electrons. The van der Waals surface area contributed by atoms with Crippen LogP contribution in [0, 0.1) is 0 Å². The van der Waals surface area contributed by atoms with Crippen LogP contribution in [0.1, 0.15) is 59.3 Å². The lowest BCUT2D eigenvalue weighted by Gasteiger charge is -2.48. The van der Waals surface area contributed by atoms with E-state index in [0.717, 1.165) is 43.5 Å². The summed E-state index contributed by atoms with van der Waals surface area (Å²) >= 11 is 3.58. The molecule has 8 rings (SSSR count). The predicted molar refractivity (Wildman–Crippen MR) is 214 cm³/mol. The molecule has 2 aliphatic carbocycles. The first kappa shape index (κ1) is 36.6. The fraction of sp³-hybridized carbons (Fsp3) is 0.429. The highest BCUT2D eigenvalue weighted by atomic mass is 32.2. The monoisotopic (exact) mass is 740 g/mol. The predicted octanol–water partition coefficient (Wildman–Crippen LogP) is 10.2. The molecule has 2 saturated carbocycles. The fourth-order valence-corrected chi connectivity index (χ4v) is 11.2. The molecule has 2 aliphatic heterocycles. The van der Waals surface area contributed by atoms with Gasteiger partial charge in [-0.05, 0) is 105 Å². The van der Waals surface area contributed by atoms with Crippen LogP contribution in [-0.2, 0) is 4.43 Å². The summed E-state index contributed by atoms with van der Waals surface area (Å²) in [6.45, 7) is 11.4. The quantitative estimate of drug-likeness (QED) is 0.179. The normalized spacial score (nSPS) is 25.8. The topological polar surface area (TPSA) is 76.4 Å². The van der Waals surface area contributed by atoms with Crippen LogP contribution in [0.5, 0.6) is 0 Å². The van der Waals surface area contributed by atoms with Crippen LogP contribution in [-0.4, -0.2) is 60.1 Å². The second-order valence-corrected chi connectivity index (χ2v) is 22.7. The van der Waals surface area contributed by atoms with Gasteiger partial charge in [0, 0.05) is 19.6 Å². The molecule has 6 atom stereocenters. The maximum absolute atomic E-state index is 11.5. The molecule has 270 valence electrons. The van der Waals surface area contributed by atoms with Gasteiger partial charge in [0.2, 0.25) is 0 Å². The molecule has 4 aromatic carbocycles. The summed E-state index contributed by atoms with van der Waals surface area (Å²) in [5.41, 5.74) is 4.66. The molecule has 51 heavy (non-hydrogen) atoms. The van der Waals surface area contributed by atoms with Gasteiger partial charge in [-0.25, -0.2) is 0 Å². The van der Waals surface area contributed by atoms with Crippen molar-refractivity contribution in [3.05, 3.63) is 97.1 Å². The average Bonchev–Trinajstić information content (AvgIpc) is 3.12. The molecular weight excluding hydrogens is 689 g/mol. The minimum absolute atomic E-state index is 0.0294. The number of hydrogen-bond acceptors (Lipinski definition) is 8. The molecule has 4 aliphatic rings. The van der Waals surface area contributed by atoms with E-state index in [1.165, 1.54) is 31.0 Å². The number of benzene rings is 4. The first-order chi connectivity index (χ1) is 24.4. The number of aliphatic hydroxyl groups is 3. The van der Waals surface area contributed by atoms with Crippen LogP contribution in [0.15, 0.2) is 117 Å². The summed E-state index contributed by atoms with van der Waals surface area (Å²) in [4.78, 5) is 9.53. The van der Waals surface area contributed by atoms with Gasteiger partial charge in [0.05, 0.1) is 53.1 Å². The number of nitrogens with zero attached hydrogens (tertiary/aromatic N) is 2. The second kappa shape index (κ2) is 14.9. The lowest BCUT2D eigenvalue weighted by Crippen LogP contribution is -2.55. The van der Waals surface area contributed by atoms with E-state index in [9.17, 15) is 15.3 Å². The molecule has 3 N–H and O–H groups in total. The Balaban J connectivity index is 0.000000165. The molecule has 0 amide bonds. The van der Waals surface area contributed by atoms with E-state index in [0.29, 0.717) is 6.42 Å². The van der Waals surface area contributed by atoms with E-state index in [-0.39, 0.29) is 23.2 Å².